The summed E-state index contributed by atoms with van der Waals surface area (Å²) in [4.78, 5) is 17.0. The van der Waals surface area contributed by atoms with E-state index in [4.69, 9.17) is 11.6 Å². The van der Waals surface area contributed by atoms with Crippen LogP contribution in [-0.4, -0.2) is 43.1 Å². The summed E-state index contributed by atoms with van der Waals surface area (Å²) >= 11 is 5.90. The fraction of sp³-hybridized carbons (Fsp3) is 0.357. The minimum absolute atomic E-state index is 0.548. The van der Waals surface area contributed by atoms with Crippen LogP contribution in [0.2, 0.25) is 5.02 Å². The Morgan fingerprint density at radius 2 is 1.62 bits per heavy atom. The predicted octanol–water partition coefficient (Wildman–Crippen LogP) is 2.27. The van der Waals surface area contributed by atoms with Crippen molar-refractivity contribution in [3.63, 3.8) is 0 Å². The van der Waals surface area contributed by atoms with E-state index in [9.17, 15) is 0 Å². The first-order valence-corrected chi connectivity index (χ1v) is 6.94. The Labute approximate surface area is 129 Å². The van der Waals surface area contributed by atoms with Crippen LogP contribution in [0.1, 0.15) is 5.56 Å². The lowest BCUT2D eigenvalue weighted by Crippen LogP contribution is -2.22. The maximum atomic E-state index is 5.90. The molecule has 0 aliphatic heterocycles. The van der Waals surface area contributed by atoms with Crippen molar-refractivity contribution in [1.29, 1.82) is 0 Å². The molecule has 1 N–H and O–H groups in total. The van der Waals surface area contributed by atoms with Crippen LogP contribution in [0, 0.1) is 0 Å². The molecule has 1 aromatic heterocycles. The summed E-state index contributed by atoms with van der Waals surface area (Å²) in [5.41, 5.74) is 1.14. The molecule has 21 heavy (non-hydrogen) atoms. The first-order chi connectivity index (χ1) is 9.99. The first-order valence-electron chi connectivity index (χ1n) is 6.56. The number of hydrogen-bond donors (Lipinski definition) is 1. The SMILES string of the molecule is CNc1nc(N(C)C)nc(N(C)Cc2ccc(Cl)cc2)n1. The van der Waals surface area contributed by atoms with Crippen LogP contribution < -0.4 is 15.1 Å². The monoisotopic (exact) mass is 306 g/mol. The number of benzene rings is 1. The van der Waals surface area contributed by atoms with E-state index in [1.807, 2.05) is 55.2 Å². The molecule has 1 heterocycles. The van der Waals surface area contributed by atoms with E-state index in [0.29, 0.717) is 24.4 Å². The smallest absolute Gasteiger partial charge is 0.232 e. The molecule has 0 aliphatic carbocycles. The highest BCUT2D eigenvalue weighted by molar-refractivity contribution is 6.30. The lowest BCUT2D eigenvalue weighted by atomic mass is 10.2. The van der Waals surface area contributed by atoms with E-state index in [1.54, 1.807) is 7.05 Å². The molecule has 0 amide bonds. The standard InChI is InChI=1S/C14H19ClN6/c1-16-12-17-13(20(2)3)19-14(18-12)21(4)9-10-5-7-11(15)8-6-10/h5-8H,9H2,1-4H3,(H,16,17,18,19). The van der Waals surface area contributed by atoms with Gasteiger partial charge in [-0.15, -0.1) is 0 Å². The summed E-state index contributed by atoms with van der Waals surface area (Å²) in [5.74, 6) is 1.78. The van der Waals surface area contributed by atoms with Crippen molar-refractivity contribution in [2.24, 2.45) is 0 Å². The van der Waals surface area contributed by atoms with Crippen molar-refractivity contribution in [2.75, 3.05) is 43.3 Å². The molecule has 0 fully saturated rings. The molecule has 0 bridgehead atoms. The van der Waals surface area contributed by atoms with Gasteiger partial charge in [0.15, 0.2) is 0 Å². The van der Waals surface area contributed by atoms with Crippen molar-refractivity contribution < 1.29 is 0 Å². The second kappa shape index (κ2) is 6.58. The average Bonchev–Trinajstić information content (AvgIpc) is 2.49. The fourth-order valence-electron chi connectivity index (χ4n) is 1.77. The van der Waals surface area contributed by atoms with Crippen LogP contribution in [0.5, 0.6) is 0 Å². The van der Waals surface area contributed by atoms with E-state index < -0.39 is 0 Å². The number of nitrogens with zero attached hydrogens (tertiary/aromatic N) is 5. The van der Waals surface area contributed by atoms with E-state index in [2.05, 4.69) is 20.3 Å². The van der Waals surface area contributed by atoms with Crippen LogP contribution in [-0.2, 0) is 6.54 Å². The number of nitrogens with one attached hydrogen (secondary N) is 1. The highest BCUT2D eigenvalue weighted by Crippen LogP contribution is 2.17. The molecule has 6 nitrogen and oxygen atoms in total. The molecule has 7 heteroatoms. The highest BCUT2D eigenvalue weighted by atomic mass is 35.5. The first kappa shape index (κ1) is 15.3. The number of anilines is 3. The minimum atomic E-state index is 0.548. The number of halogens is 1. The van der Waals surface area contributed by atoms with Crippen LogP contribution in [0.15, 0.2) is 24.3 Å². The molecule has 112 valence electrons. The van der Waals surface area contributed by atoms with Gasteiger partial charge in [0, 0.05) is 39.8 Å². The Bertz CT molecular complexity index is 599. The van der Waals surface area contributed by atoms with Gasteiger partial charge in [0.2, 0.25) is 17.8 Å². The molecule has 0 radical (unpaired) electrons. The van der Waals surface area contributed by atoms with Gasteiger partial charge in [-0.3, -0.25) is 0 Å². The minimum Gasteiger partial charge on any atom is -0.357 e. The Balaban J connectivity index is 2.23. The van der Waals surface area contributed by atoms with Crippen LogP contribution in [0.3, 0.4) is 0 Å². The zero-order valence-electron chi connectivity index (χ0n) is 12.6. The summed E-state index contributed by atoms with van der Waals surface area (Å²) in [6, 6.07) is 7.74. The van der Waals surface area contributed by atoms with Gasteiger partial charge in [-0.1, -0.05) is 23.7 Å². The topological polar surface area (TPSA) is 57.2 Å². The van der Waals surface area contributed by atoms with Gasteiger partial charge in [0.05, 0.1) is 0 Å². The molecular formula is C14H19ClN6. The molecule has 0 atom stereocenters. The summed E-state index contributed by atoms with van der Waals surface area (Å²) in [6.45, 7) is 0.692. The Morgan fingerprint density at radius 3 is 2.19 bits per heavy atom. The van der Waals surface area contributed by atoms with E-state index in [-0.39, 0.29) is 0 Å². The summed E-state index contributed by atoms with van der Waals surface area (Å²) in [6.07, 6.45) is 0. The third kappa shape index (κ3) is 3.95. The second-order valence-corrected chi connectivity index (χ2v) is 5.32. The molecule has 0 spiro atoms. The highest BCUT2D eigenvalue weighted by Gasteiger charge is 2.11. The fourth-order valence-corrected chi connectivity index (χ4v) is 1.90. The van der Waals surface area contributed by atoms with Gasteiger partial charge in [0.1, 0.15) is 0 Å². The Kier molecular flexibility index (Phi) is 4.80. The molecule has 2 rings (SSSR count). The zero-order chi connectivity index (χ0) is 15.4. The van der Waals surface area contributed by atoms with Crippen molar-refractivity contribution in [2.45, 2.75) is 6.54 Å². The van der Waals surface area contributed by atoms with Gasteiger partial charge in [-0.25, -0.2) is 0 Å². The van der Waals surface area contributed by atoms with Gasteiger partial charge >= 0.3 is 0 Å². The van der Waals surface area contributed by atoms with E-state index >= 15 is 0 Å². The quantitative estimate of drug-likeness (QED) is 0.914. The Hall–Kier alpha value is -2.08. The summed E-state index contributed by atoms with van der Waals surface area (Å²) in [5, 5.41) is 3.69. The van der Waals surface area contributed by atoms with Gasteiger partial charge in [0.25, 0.3) is 0 Å². The molecule has 2 aromatic rings. The van der Waals surface area contributed by atoms with Gasteiger partial charge in [-0.05, 0) is 17.7 Å². The third-order valence-corrected chi connectivity index (χ3v) is 3.16. The molecule has 0 aliphatic rings. The lowest BCUT2D eigenvalue weighted by molar-refractivity contribution is 0.844. The molecule has 1 aromatic carbocycles. The predicted molar refractivity (Wildman–Crippen MR) is 87.3 cm³/mol. The maximum Gasteiger partial charge on any atom is 0.232 e. The number of hydrogen-bond acceptors (Lipinski definition) is 6. The normalized spacial score (nSPS) is 10.3. The zero-order valence-corrected chi connectivity index (χ0v) is 13.4. The molecule has 0 saturated carbocycles. The van der Waals surface area contributed by atoms with E-state index in [1.165, 1.54) is 0 Å². The van der Waals surface area contributed by atoms with Crippen molar-refractivity contribution >= 4 is 29.4 Å². The van der Waals surface area contributed by atoms with Crippen LogP contribution >= 0.6 is 11.6 Å². The summed E-state index contributed by atoms with van der Waals surface area (Å²) < 4.78 is 0. The van der Waals surface area contributed by atoms with E-state index in [0.717, 1.165) is 10.6 Å². The molecular weight excluding hydrogens is 288 g/mol. The second-order valence-electron chi connectivity index (χ2n) is 4.89. The molecule has 0 saturated heterocycles. The third-order valence-electron chi connectivity index (χ3n) is 2.91. The van der Waals surface area contributed by atoms with Crippen LogP contribution in [0.25, 0.3) is 0 Å². The van der Waals surface area contributed by atoms with Crippen molar-refractivity contribution in [3.05, 3.63) is 34.9 Å². The van der Waals surface area contributed by atoms with Crippen molar-refractivity contribution in [1.82, 2.24) is 15.0 Å². The average molecular weight is 307 g/mol. The largest absolute Gasteiger partial charge is 0.357 e. The Morgan fingerprint density at radius 1 is 1.00 bits per heavy atom. The maximum absolute atomic E-state index is 5.90. The van der Waals surface area contributed by atoms with Crippen molar-refractivity contribution in [3.8, 4) is 0 Å². The van der Waals surface area contributed by atoms with Gasteiger partial charge in [-0.2, -0.15) is 15.0 Å². The number of rotatable bonds is 5. The lowest BCUT2D eigenvalue weighted by Gasteiger charge is -2.19. The van der Waals surface area contributed by atoms with Crippen LogP contribution in [0.4, 0.5) is 17.8 Å². The number of aromatic nitrogens is 3. The molecule has 0 unspecified atom stereocenters. The van der Waals surface area contributed by atoms with Gasteiger partial charge < -0.3 is 15.1 Å². The summed E-state index contributed by atoms with van der Waals surface area (Å²) in [7, 11) is 7.54.